The molecule has 0 spiro atoms. The molecule has 51 heavy (non-hydrogen) atoms. The van der Waals surface area contributed by atoms with Crippen molar-refractivity contribution in [3.63, 3.8) is 0 Å². The Morgan fingerprint density at radius 2 is 0.902 bits per heavy atom. The second-order valence-electron chi connectivity index (χ2n) is 13.6. The topological polar surface area (TPSA) is 111 Å². The molecule has 0 aliphatic heterocycles. The van der Waals surface area contributed by atoms with Crippen LogP contribution in [0.25, 0.3) is 0 Å². The molecule has 0 rings (SSSR count). The van der Waals surface area contributed by atoms with Crippen molar-refractivity contribution in [2.45, 2.75) is 207 Å². The Hall–Kier alpha value is -0.470. The Bertz CT molecular complexity index is 882. The fraction of sp³-hybridized carbons (Fsp3) is 0.854. The van der Waals surface area contributed by atoms with E-state index in [0.29, 0.717) is 6.42 Å². The minimum absolute atomic E-state index is 0. The van der Waals surface area contributed by atoms with Gasteiger partial charge in [0.15, 0.2) is 6.10 Å². The van der Waals surface area contributed by atoms with Crippen LogP contribution in [0.15, 0.2) is 24.3 Å². The molecule has 0 aliphatic carbocycles. The van der Waals surface area contributed by atoms with Crippen molar-refractivity contribution in [1.29, 1.82) is 0 Å². The van der Waals surface area contributed by atoms with Crippen LogP contribution in [0.2, 0.25) is 0 Å². The largest absolute Gasteiger partial charge is 1.00 e. The van der Waals surface area contributed by atoms with E-state index < -0.39 is 32.5 Å². The minimum Gasteiger partial charge on any atom is -0.756 e. The Morgan fingerprint density at radius 3 is 1.31 bits per heavy atom. The summed E-state index contributed by atoms with van der Waals surface area (Å²) in [5, 5.41) is 0. The maximum absolute atomic E-state index is 12.5. The molecule has 8 nitrogen and oxygen atoms in total. The molecule has 0 aromatic carbocycles. The number of unbranched alkanes of at least 4 members (excludes halogenated alkanes) is 22. The zero-order chi connectivity index (χ0) is 36.8. The fourth-order valence-corrected chi connectivity index (χ4v) is 6.41. The number of carbonyl (C=O) groups is 2. The van der Waals surface area contributed by atoms with E-state index in [0.717, 1.165) is 70.6 Å². The first-order valence-electron chi connectivity index (χ1n) is 20.6. The normalized spacial score (nSPS) is 13.3. The molecule has 0 saturated carbocycles. The van der Waals surface area contributed by atoms with Gasteiger partial charge in [-0.05, 0) is 71.1 Å². The van der Waals surface area contributed by atoms with Gasteiger partial charge in [-0.2, -0.15) is 0 Å². The monoisotopic (exact) mass is 751 g/mol. The molecule has 0 saturated heterocycles. The number of carbonyl (C=O) groups excluding carboxylic acids is 2. The SMILES string of the molecule is CCCCCCCC/C=C/CCCCCCCC(=O)OCC(COP(=O)([O-])OCC)OC(=O)CCCCCCC/C=C/CCCCCCCC.[Na+]. The Labute approximate surface area is 335 Å². The van der Waals surface area contributed by atoms with Crippen molar-refractivity contribution in [3.8, 4) is 0 Å². The molecule has 0 N–H and O–H groups in total. The number of phosphoric acid groups is 1. The summed E-state index contributed by atoms with van der Waals surface area (Å²) >= 11 is 0. The quantitative estimate of drug-likeness (QED) is 0.0202. The number of hydrogen-bond acceptors (Lipinski definition) is 8. The van der Waals surface area contributed by atoms with E-state index in [1.165, 1.54) is 96.8 Å². The smallest absolute Gasteiger partial charge is 0.756 e. The first-order valence-corrected chi connectivity index (χ1v) is 22.1. The zero-order valence-corrected chi connectivity index (χ0v) is 36.4. The maximum Gasteiger partial charge on any atom is 1.00 e. The number of rotatable bonds is 38. The second-order valence-corrected chi connectivity index (χ2v) is 15.0. The molecule has 0 radical (unpaired) electrons. The predicted octanol–water partition coefficient (Wildman–Crippen LogP) is 9.04. The Kier molecular flexibility index (Phi) is 42.0. The van der Waals surface area contributed by atoms with Gasteiger partial charge in [-0.1, -0.05) is 141 Å². The van der Waals surface area contributed by atoms with Crippen LogP contribution in [0.5, 0.6) is 0 Å². The van der Waals surface area contributed by atoms with Crippen LogP contribution >= 0.6 is 7.82 Å². The van der Waals surface area contributed by atoms with Crippen molar-refractivity contribution in [3.05, 3.63) is 24.3 Å². The molecule has 10 heteroatoms. The summed E-state index contributed by atoms with van der Waals surface area (Å²) in [5.41, 5.74) is 0. The minimum atomic E-state index is -4.53. The van der Waals surface area contributed by atoms with Gasteiger partial charge in [0.05, 0.1) is 13.2 Å². The molecule has 294 valence electrons. The van der Waals surface area contributed by atoms with Gasteiger partial charge in [-0.25, -0.2) is 0 Å². The van der Waals surface area contributed by atoms with Gasteiger partial charge in [0.25, 0.3) is 7.82 Å². The molecule has 0 fully saturated rings. The van der Waals surface area contributed by atoms with Gasteiger partial charge in [-0.15, -0.1) is 0 Å². The first kappa shape index (κ1) is 52.6. The van der Waals surface area contributed by atoms with Crippen molar-refractivity contribution in [1.82, 2.24) is 0 Å². The zero-order valence-electron chi connectivity index (χ0n) is 33.5. The third kappa shape index (κ3) is 40.5. The van der Waals surface area contributed by atoms with Crippen molar-refractivity contribution in [2.75, 3.05) is 19.8 Å². The van der Waals surface area contributed by atoms with E-state index in [4.69, 9.17) is 14.0 Å². The molecular formula is C41H76NaO8P. The van der Waals surface area contributed by atoms with E-state index in [9.17, 15) is 19.0 Å². The Balaban J connectivity index is 0. The summed E-state index contributed by atoms with van der Waals surface area (Å²) in [6.07, 6.45) is 39.2. The van der Waals surface area contributed by atoms with Gasteiger partial charge >= 0.3 is 41.5 Å². The van der Waals surface area contributed by atoms with E-state index in [-0.39, 0.29) is 55.6 Å². The molecule has 0 heterocycles. The number of allylic oxidation sites excluding steroid dienone is 4. The van der Waals surface area contributed by atoms with Crippen molar-refractivity contribution >= 4 is 19.8 Å². The number of esters is 2. The van der Waals surface area contributed by atoms with Crippen molar-refractivity contribution in [2.24, 2.45) is 0 Å². The van der Waals surface area contributed by atoms with Crippen LogP contribution in [0.1, 0.15) is 201 Å². The average Bonchev–Trinajstić information content (AvgIpc) is 3.09. The van der Waals surface area contributed by atoms with Crippen molar-refractivity contribution < 1.29 is 67.1 Å². The molecule has 0 bridgehead atoms. The van der Waals surface area contributed by atoms with E-state index in [1.807, 2.05) is 0 Å². The van der Waals surface area contributed by atoms with Crippen LogP contribution in [0, 0.1) is 0 Å². The molecule has 0 aromatic heterocycles. The molecule has 0 amide bonds. The predicted molar refractivity (Wildman–Crippen MR) is 205 cm³/mol. The van der Waals surface area contributed by atoms with Gasteiger partial charge < -0.3 is 23.4 Å². The molecule has 0 aliphatic rings. The summed E-state index contributed by atoms with van der Waals surface area (Å²) in [6.45, 7) is 5.25. The number of hydrogen-bond donors (Lipinski definition) is 0. The number of phosphoric ester groups is 1. The van der Waals surface area contributed by atoms with E-state index >= 15 is 0 Å². The number of ether oxygens (including phenoxy) is 2. The van der Waals surface area contributed by atoms with E-state index in [1.54, 1.807) is 0 Å². The summed E-state index contributed by atoms with van der Waals surface area (Å²) in [5.74, 6) is -0.849. The van der Waals surface area contributed by atoms with Gasteiger partial charge in [0.2, 0.25) is 0 Å². The summed E-state index contributed by atoms with van der Waals surface area (Å²) < 4.78 is 32.2. The Morgan fingerprint density at radius 1 is 0.529 bits per heavy atom. The van der Waals surface area contributed by atoms with Crippen LogP contribution in [0.4, 0.5) is 0 Å². The van der Waals surface area contributed by atoms with Crippen LogP contribution in [0.3, 0.4) is 0 Å². The van der Waals surface area contributed by atoms with Crippen LogP contribution in [-0.4, -0.2) is 37.9 Å². The summed E-state index contributed by atoms with van der Waals surface area (Å²) in [6, 6.07) is 0. The fourth-order valence-electron chi connectivity index (χ4n) is 5.67. The molecular weight excluding hydrogens is 674 g/mol. The van der Waals surface area contributed by atoms with Crippen LogP contribution < -0.4 is 34.5 Å². The first-order chi connectivity index (χ1) is 24.3. The molecule has 0 aromatic rings. The summed E-state index contributed by atoms with van der Waals surface area (Å²) in [7, 11) is -4.53. The summed E-state index contributed by atoms with van der Waals surface area (Å²) in [4.78, 5) is 36.7. The standard InChI is InChI=1S/C41H77O8P.Na/c1-4-7-9-11-13-15-17-19-21-23-25-27-29-31-33-35-40(42)46-37-39(38-48-50(44,45)47-6-3)49-41(43)36-34-32-30-28-26-24-22-20-18-16-14-12-10-8-5-2;/h19-22,39H,4-18,23-38H2,1-3H3,(H,44,45);/q;+1/p-1/b21-19+,22-20+;. The van der Waals surface area contributed by atoms with E-state index in [2.05, 4.69) is 42.7 Å². The third-order valence-electron chi connectivity index (χ3n) is 8.72. The van der Waals surface area contributed by atoms with Gasteiger partial charge in [0.1, 0.15) is 6.61 Å². The maximum atomic E-state index is 12.5. The van der Waals surface area contributed by atoms with Gasteiger partial charge in [-0.3, -0.25) is 14.2 Å². The molecule has 2 atom stereocenters. The average molecular weight is 751 g/mol. The third-order valence-corrected chi connectivity index (χ3v) is 9.76. The second kappa shape index (κ2) is 40.7. The van der Waals surface area contributed by atoms with Gasteiger partial charge in [0, 0.05) is 12.8 Å². The van der Waals surface area contributed by atoms with Crippen LogP contribution in [-0.2, 0) is 32.7 Å². The molecule has 2 unspecified atom stereocenters.